The number of imide groups is 1. The largest absolute Gasteiger partial charge is 0.497 e. The number of nitrogens with zero attached hydrogens (tertiary/aromatic N) is 2. The average Bonchev–Trinajstić information content (AvgIpc) is 3.02. The first-order valence-corrected chi connectivity index (χ1v) is 9.48. The van der Waals surface area contributed by atoms with Crippen LogP contribution < -0.4 is 9.64 Å². The van der Waals surface area contributed by atoms with Crippen molar-refractivity contribution in [1.29, 1.82) is 0 Å². The summed E-state index contributed by atoms with van der Waals surface area (Å²) in [6.07, 6.45) is 0. The van der Waals surface area contributed by atoms with Crippen LogP contribution >= 0.6 is 0 Å². The molecule has 1 aliphatic rings. The molecule has 0 radical (unpaired) electrons. The molecule has 0 N–H and O–H groups in total. The highest BCUT2D eigenvalue weighted by Crippen LogP contribution is 2.27. The van der Waals surface area contributed by atoms with Crippen LogP contribution in [-0.4, -0.2) is 36.4 Å². The Labute approximate surface area is 174 Å². The minimum absolute atomic E-state index is 0.189. The van der Waals surface area contributed by atoms with E-state index in [1.807, 2.05) is 19.1 Å². The van der Waals surface area contributed by atoms with E-state index < -0.39 is 11.8 Å². The number of rotatable bonds is 5. The summed E-state index contributed by atoms with van der Waals surface area (Å²) in [5.74, 6) is -0.476. The number of carbonyl (C=O) groups excluding carboxylic acids is 3. The molecule has 0 spiro atoms. The van der Waals surface area contributed by atoms with Gasteiger partial charge in [-0.05, 0) is 55.0 Å². The first-order valence-electron chi connectivity index (χ1n) is 9.48. The van der Waals surface area contributed by atoms with Gasteiger partial charge in [-0.25, -0.2) is 0 Å². The van der Waals surface area contributed by atoms with Crippen molar-refractivity contribution < 1.29 is 19.1 Å². The van der Waals surface area contributed by atoms with Crippen LogP contribution in [0.5, 0.6) is 5.75 Å². The maximum Gasteiger partial charge on any atom is 0.263 e. The summed E-state index contributed by atoms with van der Waals surface area (Å²) in [5.41, 5.74) is 2.56. The van der Waals surface area contributed by atoms with Gasteiger partial charge in [0.05, 0.1) is 18.2 Å². The third kappa shape index (κ3) is 3.33. The lowest BCUT2D eigenvalue weighted by atomic mass is 10.1. The Morgan fingerprint density at radius 2 is 1.43 bits per heavy atom. The van der Waals surface area contributed by atoms with Gasteiger partial charge in [0.1, 0.15) is 12.4 Å². The van der Waals surface area contributed by atoms with Crippen molar-refractivity contribution in [2.24, 2.45) is 0 Å². The monoisotopic (exact) mass is 400 g/mol. The molecule has 0 aliphatic carbocycles. The van der Waals surface area contributed by atoms with Crippen LogP contribution in [0, 0.1) is 6.92 Å². The second-order valence-electron chi connectivity index (χ2n) is 6.97. The zero-order chi connectivity index (χ0) is 21.3. The normalized spacial score (nSPS) is 12.7. The number of hydrogen-bond donors (Lipinski definition) is 0. The van der Waals surface area contributed by atoms with Crippen molar-refractivity contribution in [1.82, 2.24) is 4.90 Å². The predicted octanol–water partition coefficient (Wildman–Crippen LogP) is 3.90. The first-order chi connectivity index (χ1) is 14.5. The molecular formula is C24H20N2O4. The van der Waals surface area contributed by atoms with Crippen LogP contribution in [0.4, 0.5) is 5.69 Å². The van der Waals surface area contributed by atoms with E-state index in [0.29, 0.717) is 28.1 Å². The Morgan fingerprint density at radius 3 is 2.00 bits per heavy atom. The van der Waals surface area contributed by atoms with Crippen molar-refractivity contribution in [2.45, 2.75) is 6.92 Å². The van der Waals surface area contributed by atoms with Crippen LogP contribution in [0.15, 0.2) is 72.8 Å². The SMILES string of the molecule is COc1ccc(N(CN2C(=O)c3ccccc3C2=O)C(=O)c2ccccc2C)cc1. The Balaban J connectivity index is 1.72. The Morgan fingerprint density at radius 1 is 0.867 bits per heavy atom. The van der Waals surface area contributed by atoms with Gasteiger partial charge in [-0.3, -0.25) is 24.2 Å². The Kier molecular flexibility index (Phi) is 5.06. The number of aryl methyl sites for hydroxylation is 1. The number of benzene rings is 3. The van der Waals surface area contributed by atoms with E-state index >= 15 is 0 Å². The summed E-state index contributed by atoms with van der Waals surface area (Å²) in [4.78, 5) is 41.7. The van der Waals surface area contributed by atoms with Crippen LogP contribution in [0.2, 0.25) is 0 Å². The maximum atomic E-state index is 13.4. The summed E-state index contributed by atoms with van der Waals surface area (Å²) < 4.78 is 5.20. The third-order valence-electron chi connectivity index (χ3n) is 5.17. The molecule has 150 valence electrons. The molecule has 1 aliphatic heterocycles. The highest BCUT2D eigenvalue weighted by molar-refractivity contribution is 6.22. The molecule has 3 amide bonds. The molecule has 3 aromatic carbocycles. The molecule has 0 fully saturated rings. The Hall–Kier alpha value is -3.93. The van der Waals surface area contributed by atoms with Crippen molar-refractivity contribution in [3.63, 3.8) is 0 Å². The zero-order valence-corrected chi connectivity index (χ0v) is 16.7. The summed E-state index contributed by atoms with van der Waals surface area (Å²) in [6.45, 7) is 1.66. The summed E-state index contributed by atoms with van der Waals surface area (Å²) in [5, 5.41) is 0. The molecule has 1 heterocycles. The van der Waals surface area contributed by atoms with Gasteiger partial charge in [-0.2, -0.15) is 0 Å². The fourth-order valence-electron chi connectivity index (χ4n) is 3.49. The number of fused-ring (bicyclic) bond motifs is 1. The second kappa shape index (κ2) is 7.83. The van der Waals surface area contributed by atoms with E-state index in [1.165, 1.54) is 4.90 Å². The second-order valence-corrected chi connectivity index (χ2v) is 6.97. The molecule has 0 aromatic heterocycles. The van der Waals surface area contributed by atoms with Gasteiger partial charge in [0.2, 0.25) is 0 Å². The fourth-order valence-corrected chi connectivity index (χ4v) is 3.49. The van der Waals surface area contributed by atoms with E-state index in [2.05, 4.69) is 0 Å². The Bertz CT molecular complexity index is 1100. The lowest BCUT2D eigenvalue weighted by Gasteiger charge is -2.27. The van der Waals surface area contributed by atoms with Crippen molar-refractivity contribution in [3.05, 3.63) is 95.1 Å². The molecule has 0 saturated carbocycles. The molecule has 6 heteroatoms. The van der Waals surface area contributed by atoms with Gasteiger partial charge in [0.15, 0.2) is 0 Å². The lowest BCUT2D eigenvalue weighted by molar-refractivity contribution is 0.0650. The highest BCUT2D eigenvalue weighted by Gasteiger charge is 2.37. The highest BCUT2D eigenvalue weighted by atomic mass is 16.5. The van der Waals surface area contributed by atoms with Gasteiger partial charge < -0.3 is 4.74 Å². The van der Waals surface area contributed by atoms with Crippen molar-refractivity contribution in [3.8, 4) is 5.75 Å². The third-order valence-corrected chi connectivity index (χ3v) is 5.17. The molecule has 4 rings (SSSR count). The molecule has 0 unspecified atom stereocenters. The summed E-state index contributed by atoms with van der Waals surface area (Å²) in [7, 11) is 1.56. The van der Waals surface area contributed by atoms with Crippen molar-refractivity contribution >= 4 is 23.4 Å². The number of carbonyl (C=O) groups is 3. The van der Waals surface area contributed by atoms with Gasteiger partial charge >= 0.3 is 0 Å². The van der Waals surface area contributed by atoms with E-state index in [4.69, 9.17) is 4.74 Å². The molecule has 0 bridgehead atoms. The number of methoxy groups -OCH3 is 1. The molecular weight excluding hydrogens is 380 g/mol. The van der Waals surface area contributed by atoms with Crippen LogP contribution in [-0.2, 0) is 0 Å². The van der Waals surface area contributed by atoms with Crippen LogP contribution in [0.25, 0.3) is 0 Å². The number of ether oxygens (including phenoxy) is 1. The molecule has 6 nitrogen and oxygen atoms in total. The fraction of sp³-hybridized carbons (Fsp3) is 0.125. The minimum Gasteiger partial charge on any atom is -0.497 e. The molecule has 30 heavy (non-hydrogen) atoms. The predicted molar refractivity (Wildman–Crippen MR) is 113 cm³/mol. The first kappa shape index (κ1) is 19.4. The average molecular weight is 400 g/mol. The van der Waals surface area contributed by atoms with E-state index in [1.54, 1.807) is 67.8 Å². The van der Waals surface area contributed by atoms with Gasteiger partial charge in [-0.1, -0.05) is 30.3 Å². The smallest absolute Gasteiger partial charge is 0.263 e. The van der Waals surface area contributed by atoms with Crippen LogP contribution in [0.3, 0.4) is 0 Å². The quantitative estimate of drug-likeness (QED) is 0.609. The zero-order valence-electron chi connectivity index (χ0n) is 16.7. The molecule has 3 aromatic rings. The van der Waals surface area contributed by atoms with Gasteiger partial charge in [0.25, 0.3) is 17.7 Å². The van der Waals surface area contributed by atoms with Crippen molar-refractivity contribution in [2.75, 3.05) is 18.7 Å². The van der Waals surface area contributed by atoms with E-state index in [-0.39, 0.29) is 12.6 Å². The number of hydrogen-bond acceptors (Lipinski definition) is 4. The minimum atomic E-state index is -0.410. The van der Waals surface area contributed by atoms with Gasteiger partial charge in [0, 0.05) is 11.3 Å². The van der Waals surface area contributed by atoms with Crippen LogP contribution in [0.1, 0.15) is 36.6 Å². The number of anilines is 1. The van der Waals surface area contributed by atoms with E-state index in [0.717, 1.165) is 10.5 Å². The standard InChI is InChI=1S/C24H20N2O4/c1-16-7-3-4-8-19(16)22(27)25(17-11-13-18(30-2)14-12-17)15-26-23(28)20-9-5-6-10-21(20)24(26)29/h3-14H,15H2,1-2H3. The molecule has 0 atom stereocenters. The maximum absolute atomic E-state index is 13.4. The molecule has 0 saturated heterocycles. The lowest BCUT2D eigenvalue weighted by Crippen LogP contribution is -2.44. The number of amides is 3. The van der Waals surface area contributed by atoms with E-state index in [9.17, 15) is 14.4 Å². The van der Waals surface area contributed by atoms with Gasteiger partial charge in [-0.15, -0.1) is 0 Å². The summed E-state index contributed by atoms with van der Waals surface area (Å²) >= 11 is 0. The summed E-state index contributed by atoms with van der Waals surface area (Å²) in [6, 6.07) is 20.8. The topological polar surface area (TPSA) is 66.9 Å².